The van der Waals surface area contributed by atoms with Gasteiger partial charge in [-0.1, -0.05) is 0 Å². The fraction of sp³-hybridized carbons (Fsp3) is 0.667. The minimum atomic E-state index is -3.80. The zero-order valence-corrected chi connectivity index (χ0v) is 14.3. The van der Waals surface area contributed by atoms with Crippen molar-refractivity contribution in [2.24, 2.45) is 0 Å². The van der Waals surface area contributed by atoms with Gasteiger partial charge in [-0.15, -0.1) is 11.6 Å². The topological polar surface area (TPSA) is 84.7 Å². The summed E-state index contributed by atoms with van der Waals surface area (Å²) in [4.78, 5) is 0.0781. The van der Waals surface area contributed by atoms with E-state index >= 15 is 0 Å². The molecule has 2 heterocycles. The molecule has 0 spiro atoms. The molecule has 6 nitrogen and oxygen atoms in total. The van der Waals surface area contributed by atoms with Crippen molar-refractivity contribution in [2.45, 2.75) is 31.0 Å². The van der Waals surface area contributed by atoms with Gasteiger partial charge < -0.3 is 4.42 Å². The van der Waals surface area contributed by atoms with Crippen LogP contribution in [0.1, 0.15) is 23.5 Å². The Morgan fingerprint density at radius 3 is 2.48 bits per heavy atom. The maximum Gasteiger partial charge on any atom is 0.246 e. The Morgan fingerprint density at radius 2 is 1.86 bits per heavy atom. The molecule has 0 radical (unpaired) electrons. The molecule has 0 bridgehead atoms. The van der Waals surface area contributed by atoms with Crippen LogP contribution in [0, 0.1) is 13.8 Å². The van der Waals surface area contributed by atoms with Gasteiger partial charge in [-0.05, 0) is 20.3 Å². The second-order valence-corrected chi connectivity index (χ2v) is 9.51. The third kappa shape index (κ3) is 3.28. The Kier molecular flexibility index (Phi) is 4.72. The van der Waals surface area contributed by atoms with Crippen LogP contribution in [0.4, 0.5) is 0 Å². The van der Waals surface area contributed by atoms with Gasteiger partial charge in [0.1, 0.15) is 16.4 Å². The van der Waals surface area contributed by atoms with Crippen LogP contribution in [0.15, 0.2) is 9.31 Å². The van der Waals surface area contributed by atoms with E-state index in [-0.39, 0.29) is 41.1 Å². The van der Waals surface area contributed by atoms with Crippen molar-refractivity contribution < 1.29 is 21.3 Å². The highest BCUT2D eigenvalue weighted by Gasteiger charge is 2.34. The number of hydrogen-bond donors (Lipinski definition) is 0. The van der Waals surface area contributed by atoms with Crippen molar-refractivity contribution >= 4 is 31.5 Å². The van der Waals surface area contributed by atoms with Crippen LogP contribution >= 0.6 is 11.6 Å². The van der Waals surface area contributed by atoms with Crippen molar-refractivity contribution in [3.63, 3.8) is 0 Å². The summed E-state index contributed by atoms with van der Waals surface area (Å²) in [5.41, 5.74) is 0.446. The van der Waals surface area contributed by atoms with Gasteiger partial charge in [0, 0.05) is 18.7 Å². The van der Waals surface area contributed by atoms with Gasteiger partial charge in [0.25, 0.3) is 0 Å². The summed E-state index contributed by atoms with van der Waals surface area (Å²) in [5, 5.41) is 0. The molecular weight excluding hydrogens is 338 g/mol. The third-order valence-corrected chi connectivity index (χ3v) is 7.65. The molecule has 1 aromatic heterocycles. The molecule has 1 aliphatic heterocycles. The highest BCUT2D eigenvalue weighted by Crippen LogP contribution is 2.31. The first kappa shape index (κ1) is 16.8. The normalized spacial score (nSPS) is 20.3. The monoisotopic (exact) mass is 355 g/mol. The van der Waals surface area contributed by atoms with Crippen molar-refractivity contribution in [3.8, 4) is 0 Å². The van der Waals surface area contributed by atoms with Crippen LogP contribution in [-0.4, -0.2) is 45.7 Å². The van der Waals surface area contributed by atoms with Gasteiger partial charge in [-0.2, -0.15) is 4.31 Å². The molecule has 0 amide bonds. The molecule has 0 aliphatic carbocycles. The maximum absolute atomic E-state index is 12.8. The molecule has 1 aromatic rings. The summed E-state index contributed by atoms with van der Waals surface area (Å²) < 4.78 is 55.4. The molecule has 0 unspecified atom stereocenters. The van der Waals surface area contributed by atoms with Crippen LogP contribution in [0.3, 0.4) is 0 Å². The molecule has 0 saturated carbocycles. The molecule has 1 saturated heterocycles. The molecule has 9 heteroatoms. The predicted octanol–water partition coefficient (Wildman–Crippen LogP) is 1.44. The molecule has 1 fully saturated rings. The number of sulfone groups is 1. The van der Waals surface area contributed by atoms with Gasteiger partial charge in [-0.3, -0.25) is 0 Å². The molecule has 0 atom stereocenters. The molecule has 0 N–H and O–H groups in total. The Morgan fingerprint density at radius 1 is 1.19 bits per heavy atom. The highest BCUT2D eigenvalue weighted by atomic mass is 35.5. The predicted molar refractivity (Wildman–Crippen MR) is 79.8 cm³/mol. The van der Waals surface area contributed by atoms with Crippen molar-refractivity contribution in [2.75, 3.05) is 24.6 Å². The van der Waals surface area contributed by atoms with Crippen molar-refractivity contribution in [3.05, 3.63) is 17.1 Å². The van der Waals surface area contributed by atoms with E-state index in [9.17, 15) is 16.8 Å². The number of sulfonamides is 1. The molecule has 120 valence electrons. The molecule has 1 aliphatic rings. The summed E-state index contributed by atoms with van der Waals surface area (Å²) in [7, 11) is -6.97. The highest BCUT2D eigenvalue weighted by molar-refractivity contribution is 7.91. The molecular formula is C12H18ClNO5S2. The summed E-state index contributed by atoms with van der Waals surface area (Å²) >= 11 is 5.83. The average Bonchev–Trinajstić information content (AvgIpc) is 2.54. The first-order valence-electron chi connectivity index (χ1n) is 6.54. The fourth-order valence-electron chi connectivity index (χ4n) is 2.49. The van der Waals surface area contributed by atoms with E-state index in [0.29, 0.717) is 17.7 Å². The number of furan rings is 1. The summed E-state index contributed by atoms with van der Waals surface area (Å²) in [6.07, 6.45) is 0.299. The van der Waals surface area contributed by atoms with Crippen LogP contribution in [0.25, 0.3) is 0 Å². The SMILES string of the molecule is Cc1oc(C)c(S(=O)(=O)N2CCCS(=O)(=O)CC2)c1CCl. The van der Waals surface area contributed by atoms with E-state index in [1.54, 1.807) is 13.8 Å². The Labute approximate surface area is 130 Å². The Bertz CT molecular complexity index is 736. The number of aryl methyl sites for hydroxylation is 2. The number of alkyl halides is 1. The van der Waals surface area contributed by atoms with Crippen molar-refractivity contribution in [1.29, 1.82) is 0 Å². The van der Waals surface area contributed by atoms with Crippen molar-refractivity contribution in [1.82, 2.24) is 4.31 Å². The van der Waals surface area contributed by atoms with Gasteiger partial charge in [0.2, 0.25) is 10.0 Å². The number of nitrogens with zero attached hydrogens (tertiary/aromatic N) is 1. The van der Waals surface area contributed by atoms with Gasteiger partial charge in [0.15, 0.2) is 9.84 Å². The summed E-state index contributed by atoms with van der Waals surface area (Å²) in [6.45, 7) is 3.39. The van der Waals surface area contributed by atoms with E-state index in [4.69, 9.17) is 16.0 Å². The fourth-order valence-corrected chi connectivity index (χ4v) is 6.17. The zero-order valence-electron chi connectivity index (χ0n) is 11.9. The Hall–Kier alpha value is -0.570. The lowest BCUT2D eigenvalue weighted by atomic mass is 10.3. The third-order valence-electron chi connectivity index (χ3n) is 3.57. The molecule has 2 rings (SSSR count). The quantitative estimate of drug-likeness (QED) is 0.766. The molecule has 0 aromatic carbocycles. The summed E-state index contributed by atoms with van der Waals surface area (Å²) in [6, 6.07) is 0. The Balaban J connectivity index is 2.43. The first-order valence-corrected chi connectivity index (χ1v) is 10.3. The maximum atomic E-state index is 12.8. The number of halogens is 1. The standard InChI is InChI=1S/C12H18ClNO5S2/c1-9-11(8-13)12(10(2)19-9)21(17,18)14-4-3-6-20(15,16)7-5-14/h3-8H2,1-2H3. The van der Waals surface area contributed by atoms with E-state index in [2.05, 4.69) is 0 Å². The zero-order chi connectivity index (χ0) is 15.8. The smallest absolute Gasteiger partial charge is 0.246 e. The van der Waals surface area contributed by atoms with Gasteiger partial charge in [0.05, 0.1) is 17.4 Å². The minimum Gasteiger partial charge on any atom is -0.465 e. The van der Waals surface area contributed by atoms with Crippen LogP contribution in [-0.2, 0) is 25.7 Å². The van der Waals surface area contributed by atoms with E-state index in [1.165, 1.54) is 4.31 Å². The lowest BCUT2D eigenvalue weighted by Gasteiger charge is -2.19. The second-order valence-electron chi connectivity index (χ2n) is 5.07. The lowest BCUT2D eigenvalue weighted by molar-refractivity contribution is 0.431. The van der Waals surface area contributed by atoms with Gasteiger partial charge in [-0.25, -0.2) is 16.8 Å². The van der Waals surface area contributed by atoms with Crippen LogP contribution in [0.2, 0.25) is 0 Å². The molecule has 21 heavy (non-hydrogen) atoms. The van der Waals surface area contributed by atoms with E-state index in [0.717, 1.165) is 0 Å². The summed E-state index contributed by atoms with van der Waals surface area (Å²) in [5.74, 6) is 0.659. The van der Waals surface area contributed by atoms with E-state index < -0.39 is 19.9 Å². The minimum absolute atomic E-state index is 0.0186. The van der Waals surface area contributed by atoms with Crippen LogP contribution in [0.5, 0.6) is 0 Å². The second kappa shape index (κ2) is 5.91. The number of hydrogen-bond acceptors (Lipinski definition) is 5. The lowest BCUT2D eigenvalue weighted by Crippen LogP contribution is -2.34. The average molecular weight is 356 g/mol. The number of rotatable bonds is 3. The van der Waals surface area contributed by atoms with Crippen LogP contribution < -0.4 is 0 Å². The first-order chi connectivity index (χ1) is 9.69. The van der Waals surface area contributed by atoms with Gasteiger partial charge >= 0.3 is 0 Å². The largest absolute Gasteiger partial charge is 0.465 e. The van der Waals surface area contributed by atoms with E-state index in [1.807, 2.05) is 0 Å².